The Morgan fingerprint density at radius 3 is 2.62 bits per heavy atom. The van der Waals surface area contributed by atoms with Crippen molar-refractivity contribution >= 4 is 44.8 Å². The quantitative estimate of drug-likeness (QED) is 0.260. The second kappa shape index (κ2) is 9.35. The van der Waals surface area contributed by atoms with Crippen LogP contribution in [0.4, 0.5) is 0 Å². The molecule has 0 amide bonds. The number of aliphatic hydroxyl groups is 1. The highest BCUT2D eigenvalue weighted by atomic mass is 35.5. The first-order valence-electron chi connectivity index (χ1n) is 13.1. The maximum Gasteiger partial charge on any atom is 0.145 e. The number of nitrogens with zero attached hydrogens (tertiary/aromatic N) is 2. The van der Waals surface area contributed by atoms with Crippen LogP contribution < -0.4 is 0 Å². The zero-order chi connectivity index (χ0) is 25.1. The molecule has 7 rings (SSSR count). The Hall–Kier alpha value is -1.96. The second-order valence-corrected chi connectivity index (χ2v) is 12.7. The Morgan fingerprint density at radius 2 is 1.84 bits per heavy atom. The average molecular weight is 556 g/mol. The van der Waals surface area contributed by atoms with E-state index in [0.29, 0.717) is 39.7 Å². The van der Waals surface area contributed by atoms with Crippen LogP contribution in [0.2, 0.25) is 10.0 Å². The lowest BCUT2D eigenvalue weighted by Crippen LogP contribution is -2.46. The number of benzene rings is 2. The monoisotopic (exact) mass is 554 g/mol. The van der Waals surface area contributed by atoms with Crippen molar-refractivity contribution in [3.05, 3.63) is 68.8 Å². The minimum Gasteiger partial charge on any atom is -0.382 e. The van der Waals surface area contributed by atoms with Crippen molar-refractivity contribution < 1.29 is 14.4 Å². The van der Waals surface area contributed by atoms with Gasteiger partial charge in [-0.05, 0) is 81.0 Å². The summed E-state index contributed by atoms with van der Waals surface area (Å²) < 4.78 is 13.5. The Morgan fingerprint density at radius 1 is 1.03 bits per heavy atom. The number of fused-ring (bicyclic) bond motifs is 3. The molecule has 3 aliphatic carbocycles. The summed E-state index contributed by atoms with van der Waals surface area (Å²) in [6.07, 6.45) is 6.86. The topological polar surface area (TPSA) is 68.4 Å². The molecule has 3 saturated carbocycles. The molecule has 37 heavy (non-hydrogen) atoms. The highest BCUT2D eigenvalue weighted by Gasteiger charge is 2.49. The van der Waals surface area contributed by atoms with Gasteiger partial charge in [-0.3, -0.25) is 0 Å². The highest BCUT2D eigenvalue weighted by molar-refractivity contribution is 7.18. The predicted molar refractivity (Wildman–Crippen MR) is 146 cm³/mol. The molecule has 2 bridgehead atoms. The summed E-state index contributed by atoms with van der Waals surface area (Å²) in [6, 6.07) is 13.6. The number of aromatic nitrogens is 2. The maximum absolute atomic E-state index is 11.9. The van der Waals surface area contributed by atoms with E-state index >= 15 is 0 Å². The molecule has 2 heterocycles. The standard InChI is InChI=1S/C29H28Cl2N2O3S/c30-21-4-3-5-22(31)25(21)26-20(27(36-33-26)17-8-9-17)15-35-19-13-16-10-11-29(34,18(12-16)14-19)28-32-23-6-1-2-7-24(23)37-28/h1-7,16-19,34H,8-15H2/t16?,18?,19?,29-/m0/s1. The van der Waals surface area contributed by atoms with Gasteiger partial charge in [0.2, 0.25) is 0 Å². The fraction of sp³-hybridized carbons (Fsp3) is 0.448. The molecule has 4 atom stereocenters. The van der Waals surface area contributed by atoms with Crippen molar-refractivity contribution in [1.29, 1.82) is 0 Å². The van der Waals surface area contributed by atoms with Crippen LogP contribution in [0.1, 0.15) is 67.2 Å². The molecular formula is C29H28Cl2N2O3S. The van der Waals surface area contributed by atoms with E-state index < -0.39 is 5.60 Å². The third-order valence-corrected chi connectivity index (χ3v) is 10.3. The Kier molecular flexibility index (Phi) is 6.09. The number of halogens is 2. The molecule has 3 aliphatic rings. The van der Waals surface area contributed by atoms with Crippen LogP contribution >= 0.6 is 34.5 Å². The van der Waals surface area contributed by atoms with Gasteiger partial charge in [-0.1, -0.05) is 46.6 Å². The van der Waals surface area contributed by atoms with Crippen molar-refractivity contribution in [1.82, 2.24) is 10.1 Å². The zero-order valence-electron chi connectivity index (χ0n) is 20.3. The zero-order valence-corrected chi connectivity index (χ0v) is 22.7. The Labute approximate surface area is 229 Å². The maximum atomic E-state index is 11.9. The van der Waals surface area contributed by atoms with Gasteiger partial charge in [-0.15, -0.1) is 11.3 Å². The SMILES string of the molecule is O[C@@]1(c2nc3ccccc3s2)CCC2CC(OCc3c(-c4c(Cl)cccc4Cl)noc3C3CC3)CC1C2. The van der Waals surface area contributed by atoms with Gasteiger partial charge in [0, 0.05) is 17.0 Å². The molecule has 192 valence electrons. The van der Waals surface area contributed by atoms with E-state index in [4.69, 9.17) is 37.4 Å². The smallest absolute Gasteiger partial charge is 0.145 e. The Balaban J connectivity index is 1.14. The van der Waals surface area contributed by atoms with E-state index in [1.165, 1.54) is 0 Å². The van der Waals surface area contributed by atoms with Crippen LogP contribution in [0.3, 0.4) is 0 Å². The fourth-order valence-electron chi connectivity index (χ4n) is 6.36. The predicted octanol–water partition coefficient (Wildman–Crippen LogP) is 8.12. The number of thiazole rings is 1. The molecule has 8 heteroatoms. The van der Waals surface area contributed by atoms with Crippen LogP contribution in [0.5, 0.6) is 0 Å². The van der Waals surface area contributed by atoms with Crippen LogP contribution in [-0.2, 0) is 16.9 Å². The third kappa shape index (κ3) is 4.31. The van der Waals surface area contributed by atoms with Crippen molar-refractivity contribution in [2.24, 2.45) is 11.8 Å². The van der Waals surface area contributed by atoms with Crippen molar-refractivity contribution in [3.63, 3.8) is 0 Å². The van der Waals surface area contributed by atoms with E-state index in [0.717, 1.165) is 71.5 Å². The second-order valence-electron chi connectivity index (χ2n) is 10.9. The lowest BCUT2D eigenvalue weighted by atomic mass is 9.63. The van der Waals surface area contributed by atoms with Gasteiger partial charge >= 0.3 is 0 Å². The fourth-order valence-corrected chi connectivity index (χ4v) is 8.10. The average Bonchev–Trinajstić information content (AvgIpc) is 3.50. The molecule has 4 aromatic rings. The first kappa shape index (κ1) is 24.1. The molecule has 2 aromatic carbocycles. The molecule has 0 radical (unpaired) electrons. The number of hydrogen-bond acceptors (Lipinski definition) is 6. The number of para-hydroxylation sites is 1. The summed E-state index contributed by atoms with van der Waals surface area (Å²) in [4.78, 5) is 4.85. The molecular weight excluding hydrogens is 527 g/mol. The molecule has 2 aromatic heterocycles. The van der Waals surface area contributed by atoms with Gasteiger partial charge in [0.15, 0.2) is 0 Å². The van der Waals surface area contributed by atoms with Gasteiger partial charge in [0.25, 0.3) is 0 Å². The van der Waals surface area contributed by atoms with Crippen LogP contribution in [0, 0.1) is 11.8 Å². The van der Waals surface area contributed by atoms with Crippen LogP contribution in [-0.4, -0.2) is 21.4 Å². The lowest BCUT2D eigenvalue weighted by molar-refractivity contribution is -0.123. The van der Waals surface area contributed by atoms with E-state index in [2.05, 4.69) is 11.2 Å². The Bertz CT molecular complexity index is 1410. The molecule has 0 saturated heterocycles. The van der Waals surface area contributed by atoms with Crippen molar-refractivity contribution in [2.45, 2.75) is 69.2 Å². The van der Waals surface area contributed by atoms with Crippen LogP contribution in [0.25, 0.3) is 21.5 Å². The first-order valence-corrected chi connectivity index (χ1v) is 14.7. The van der Waals surface area contributed by atoms with Gasteiger partial charge in [0.1, 0.15) is 22.1 Å². The molecule has 5 nitrogen and oxygen atoms in total. The minimum atomic E-state index is -0.894. The van der Waals surface area contributed by atoms with Gasteiger partial charge in [-0.2, -0.15) is 0 Å². The van der Waals surface area contributed by atoms with Crippen molar-refractivity contribution in [2.75, 3.05) is 0 Å². The van der Waals surface area contributed by atoms with E-state index in [1.54, 1.807) is 11.3 Å². The summed E-state index contributed by atoms with van der Waals surface area (Å²) in [6.45, 7) is 0.399. The minimum absolute atomic E-state index is 0.0569. The largest absolute Gasteiger partial charge is 0.382 e. The lowest BCUT2D eigenvalue weighted by Gasteiger charge is -2.47. The molecule has 3 unspecified atom stereocenters. The number of rotatable bonds is 6. The summed E-state index contributed by atoms with van der Waals surface area (Å²) in [5, 5.41) is 18.3. The highest BCUT2D eigenvalue weighted by Crippen LogP contribution is 2.52. The normalized spacial score (nSPS) is 27.6. The van der Waals surface area contributed by atoms with Gasteiger partial charge in [-0.25, -0.2) is 4.98 Å². The number of hydrogen-bond donors (Lipinski definition) is 1. The summed E-state index contributed by atoms with van der Waals surface area (Å²) >= 11 is 14.7. The summed E-state index contributed by atoms with van der Waals surface area (Å²) in [5.74, 6) is 1.97. The molecule has 0 spiro atoms. The van der Waals surface area contributed by atoms with Gasteiger partial charge in [0.05, 0.1) is 33.0 Å². The van der Waals surface area contributed by atoms with Crippen molar-refractivity contribution in [3.8, 4) is 11.3 Å². The molecule has 3 fully saturated rings. The summed E-state index contributed by atoms with van der Waals surface area (Å²) in [7, 11) is 0. The number of ether oxygens (including phenoxy) is 1. The van der Waals surface area contributed by atoms with E-state index in [9.17, 15) is 5.11 Å². The van der Waals surface area contributed by atoms with E-state index in [-0.39, 0.29) is 12.0 Å². The molecule has 1 N–H and O–H groups in total. The third-order valence-electron chi connectivity index (χ3n) is 8.46. The first-order chi connectivity index (χ1) is 18.0. The van der Waals surface area contributed by atoms with E-state index in [1.807, 2.05) is 36.4 Å². The van der Waals surface area contributed by atoms with Crippen LogP contribution in [0.15, 0.2) is 47.0 Å². The van der Waals surface area contributed by atoms with Gasteiger partial charge < -0.3 is 14.4 Å². The molecule has 0 aliphatic heterocycles. The summed E-state index contributed by atoms with van der Waals surface area (Å²) in [5.41, 5.74) is 2.40.